The first-order valence-corrected chi connectivity index (χ1v) is 8.45. The minimum absolute atomic E-state index is 0. The number of nitrogens with one attached hydrogen (secondary N) is 1. The Morgan fingerprint density at radius 1 is 1.46 bits per heavy atom. The van der Waals surface area contributed by atoms with Crippen LogP contribution in [-0.2, 0) is 9.59 Å². The third-order valence-corrected chi connectivity index (χ3v) is 4.78. The van der Waals surface area contributed by atoms with E-state index in [9.17, 15) is 9.59 Å². The summed E-state index contributed by atoms with van der Waals surface area (Å²) in [6.07, 6.45) is 2.25. The van der Waals surface area contributed by atoms with E-state index in [1.54, 1.807) is 11.0 Å². The Morgan fingerprint density at radius 3 is 2.75 bits per heavy atom. The number of carbonyl (C=O) groups is 2. The molecule has 0 aromatic heterocycles. The molecule has 134 valence electrons. The highest BCUT2D eigenvalue weighted by molar-refractivity contribution is 6.33. The molecule has 5 nitrogen and oxygen atoms in total. The lowest BCUT2D eigenvalue weighted by molar-refractivity contribution is -0.129. The molecule has 3 N–H and O–H groups in total. The third-order valence-electron chi connectivity index (χ3n) is 4.46. The number of rotatable bonds is 5. The zero-order valence-corrected chi connectivity index (χ0v) is 15.6. The fraction of sp³-hybridized carbons (Fsp3) is 0.529. The summed E-state index contributed by atoms with van der Waals surface area (Å²) < 4.78 is 0. The molecule has 24 heavy (non-hydrogen) atoms. The van der Waals surface area contributed by atoms with E-state index >= 15 is 0 Å². The molecule has 1 aliphatic rings. The van der Waals surface area contributed by atoms with Crippen LogP contribution in [0.2, 0.25) is 5.02 Å². The van der Waals surface area contributed by atoms with Crippen molar-refractivity contribution < 1.29 is 9.59 Å². The van der Waals surface area contributed by atoms with Gasteiger partial charge in [0, 0.05) is 6.54 Å². The number of anilines is 1. The van der Waals surface area contributed by atoms with Crippen molar-refractivity contribution in [3.8, 4) is 0 Å². The molecular formula is C17H25Cl2N3O2. The number of nitrogens with zero attached hydrogens (tertiary/aromatic N) is 1. The molecule has 1 saturated heterocycles. The summed E-state index contributed by atoms with van der Waals surface area (Å²) in [5, 5.41) is 3.34. The van der Waals surface area contributed by atoms with Crippen molar-refractivity contribution in [1.29, 1.82) is 0 Å². The minimum atomic E-state index is -0.594. The van der Waals surface area contributed by atoms with Crippen LogP contribution in [0.3, 0.4) is 0 Å². The smallest absolute Gasteiger partial charge is 0.249 e. The van der Waals surface area contributed by atoms with Gasteiger partial charge in [-0.05, 0) is 30.9 Å². The van der Waals surface area contributed by atoms with Crippen molar-refractivity contribution >= 4 is 41.5 Å². The van der Waals surface area contributed by atoms with Gasteiger partial charge in [-0.1, -0.05) is 44.0 Å². The van der Waals surface area contributed by atoms with Crippen LogP contribution in [0, 0.1) is 5.92 Å². The maximum Gasteiger partial charge on any atom is 0.249 e. The predicted octanol–water partition coefficient (Wildman–Crippen LogP) is 2.75. The van der Waals surface area contributed by atoms with Crippen LogP contribution in [0.5, 0.6) is 0 Å². The van der Waals surface area contributed by atoms with Crippen LogP contribution >= 0.6 is 24.0 Å². The van der Waals surface area contributed by atoms with E-state index in [2.05, 4.69) is 5.32 Å². The molecule has 0 saturated carbocycles. The Labute approximate surface area is 154 Å². The molecule has 2 amide bonds. The van der Waals surface area contributed by atoms with Gasteiger partial charge in [0.05, 0.1) is 16.8 Å². The summed E-state index contributed by atoms with van der Waals surface area (Å²) in [7, 11) is 0. The summed E-state index contributed by atoms with van der Waals surface area (Å²) in [6.45, 7) is 4.53. The van der Waals surface area contributed by atoms with Crippen LogP contribution in [0.15, 0.2) is 24.3 Å². The van der Waals surface area contributed by atoms with E-state index in [0.29, 0.717) is 23.7 Å². The summed E-state index contributed by atoms with van der Waals surface area (Å²) in [5.41, 5.74) is 6.63. The van der Waals surface area contributed by atoms with Crippen molar-refractivity contribution in [2.24, 2.45) is 11.7 Å². The van der Waals surface area contributed by atoms with Crippen molar-refractivity contribution in [2.45, 2.75) is 45.2 Å². The lowest BCUT2D eigenvalue weighted by atomic mass is 9.98. The fourth-order valence-corrected chi connectivity index (χ4v) is 2.94. The minimum Gasteiger partial charge on any atom is -0.343 e. The first-order valence-electron chi connectivity index (χ1n) is 8.07. The largest absolute Gasteiger partial charge is 0.343 e. The molecule has 7 heteroatoms. The van der Waals surface area contributed by atoms with Gasteiger partial charge in [0.1, 0.15) is 6.04 Å². The van der Waals surface area contributed by atoms with Gasteiger partial charge in [0.15, 0.2) is 0 Å². The second-order valence-corrected chi connectivity index (χ2v) is 6.46. The van der Waals surface area contributed by atoms with Crippen LogP contribution in [0.25, 0.3) is 0 Å². The van der Waals surface area contributed by atoms with E-state index in [1.165, 1.54) is 0 Å². The lowest BCUT2D eigenvalue weighted by Crippen LogP contribution is -2.56. The highest BCUT2D eigenvalue weighted by Gasteiger charge is 2.33. The molecule has 1 aromatic rings. The Bertz CT molecular complexity index is 583. The molecule has 1 aliphatic heterocycles. The number of nitrogens with two attached hydrogens (primary N) is 1. The highest BCUT2D eigenvalue weighted by Crippen LogP contribution is 2.28. The van der Waals surface area contributed by atoms with E-state index in [0.717, 1.165) is 12.8 Å². The Hall–Kier alpha value is -1.30. The number of para-hydroxylation sites is 1. The van der Waals surface area contributed by atoms with Gasteiger partial charge in [0.2, 0.25) is 11.8 Å². The number of amides is 2. The molecule has 1 heterocycles. The summed E-state index contributed by atoms with van der Waals surface area (Å²) in [6, 6.07) is 6.10. The molecular weight excluding hydrogens is 349 g/mol. The second kappa shape index (κ2) is 9.25. The molecule has 3 atom stereocenters. The van der Waals surface area contributed by atoms with Crippen LogP contribution in [0.1, 0.15) is 33.1 Å². The number of hydrogen-bond acceptors (Lipinski definition) is 3. The summed E-state index contributed by atoms with van der Waals surface area (Å²) in [4.78, 5) is 26.6. The Balaban J connectivity index is 0.00000288. The highest BCUT2D eigenvalue weighted by atomic mass is 35.5. The Kier molecular flexibility index (Phi) is 8.00. The number of hydrogen-bond donors (Lipinski definition) is 2. The van der Waals surface area contributed by atoms with Gasteiger partial charge in [-0.25, -0.2) is 0 Å². The van der Waals surface area contributed by atoms with Crippen LogP contribution in [0.4, 0.5) is 5.69 Å². The monoisotopic (exact) mass is 373 g/mol. The average Bonchev–Trinajstić information content (AvgIpc) is 2.56. The standard InChI is InChI=1S/C17H24ClN3O2.ClH/c1-3-11(2)15(19)16(22)20-13-8-6-10-21(17(13)23)14-9-5-4-7-12(14)18;/h4-5,7,9,11,13,15H,3,6,8,10,19H2,1-2H3,(H,20,22);1H. The normalized spacial score (nSPS) is 20.1. The van der Waals surface area contributed by atoms with Gasteiger partial charge in [-0.15, -0.1) is 12.4 Å². The van der Waals surface area contributed by atoms with Crippen molar-refractivity contribution in [1.82, 2.24) is 5.32 Å². The number of benzene rings is 1. The molecule has 3 unspecified atom stereocenters. The SMILES string of the molecule is CCC(C)C(N)C(=O)NC1CCCN(c2ccccc2Cl)C1=O.Cl. The molecule has 1 fully saturated rings. The zero-order valence-electron chi connectivity index (χ0n) is 14.0. The quantitative estimate of drug-likeness (QED) is 0.832. The predicted molar refractivity (Wildman–Crippen MR) is 99.6 cm³/mol. The lowest BCUT2D eigenvalue weighted by Gasteiger charge is -2.34. The van der Waals surface area contributed by atoms with E-state index in [-0.39, 0.29) is 30.1 Å². The molecule has 2 rings (SSSR count). The first kappa shape index (κ1) is 20.7. The topological polar surface area (TPSA) is 75.4 Å². The van der Waals surface area contributed by atoms with Gasteiger partial charge in [-0.2, -0.15) is 0 Å². The van der Waals surface area contributed by atoms with Gasteiger partial charge < -0.3 is 16.0 Å². The first-order chi connectivity index (χ1) is 11.0. The number of carbonyl (C=O) groups excluding carboxylic acids is 2. The van der Waals surface area contributed by atoms with Crippen LogP contribution < -0.4 is 16.0 Å². The van der Waals surface area contributed by atoms with Crippen LogP contribution in [-0.4, -0.2) is 30.4 Å². The third kappa shape index (κ3) is 4.62. The summed E-state index contributed by atoms with van der Waals surface area (Å²) >= 11 is 6.19. The van der Waals surface area contributed by atoms with Gasteiger partial charge >= 0.3 is 0 Å². The molecule has 0 spiro atoms. The van der Waals surface area contributed by atoms with Gasteiger partial charge in [0.25, 0.3) is 0 Å². The van der Waals surface area contributed by atoms with E-state index < -0.39 is 12.1 Å². The molecule has 0 radical (unpaired) electrons. The number of piperidine rings is 1. The molecule has 0 bridgehead atoms. The molecule has 0 aliphatic carbocycles. The van der Waals surface area contributed by atoms with Crippen molar-refractivity contribution in [2.75, 3.05) is 11.4 Å². The fourth-order valence-electron chi connectivity index (χ4n) is 2.70. The zero-order chi connectivity index (χ0) is 17.0. The maximum absolute atomic E-state index is 12.7. The van der Waals surface area contributed by atoms with Crippen molar-refractivity contribution in [3.05, 3.63) is 29.3 Å². The van der Waals surface area contributed by atoms with Crippen molar-refractivity contribution in [3.63, 3.8) is 0 Å². The molecule has 1 aromatic carbocycles. The maximum atomic E-state index is 12.7. The number of halogens is 2. The Morgan fingerprint density at radius 2 is 2.12 bits per heavy atom. The van der Waals surface area contributed by atoms with Gasteiger partial charge in [-0.3, -0.25) is 9.59 Å². The average molecular weight is 374 g/mol. The second-order valence-electron chi connectivity index (χ2n) is 6.06. The van der Waals surface area contributed by atoms with E-state index in [4.69, 9.17) is 17.3 Å². The van der Waals surface area contributed by atoms with E-state index in [1.807, 2.05) is 32.0 Å². The summed E-state index contributed by atoms with van der Waals surface area (Å²) in [5.74, 6) is -0.318.